The maximum absolute atomic E-state index is 14.8. The van der Waals surface area contributed by atoms with Crippen molar-refractivity contribution in [3.05, 3.63) is 245 Å². The van der Waals surface area contributed by atoms with Gasteiger partial charge in [0.1, 0.15) is 34.0 Å². The number of hydrogen-bond acceptors (Lipinski definition) is 6. The van der Waals surface area contributed by atoms with Crippen LogP contribution in [0.3, 0.4) is 0 Å². The van der Waals surface area contributed by atoms with Crippen LogP contribution in [0.25, 0.3) is 32.9 Å². The molecule has 0 aliphatic heterocycles. The Kier molecular flexibility index (Phi) is 13.1. The van der Waals surface area contributed by atoms with Gasteiger partial charge in [-0.25, -0.2) is 0 Å². The van der Waals surface area contributed by atoms with Crippen LogP contribution in [0, 0.1) is 48.5 Å². The number of aryl methyl sites for hydroxylation is 5. The summed E-state index contributed by atoms with van der Waals surface area (Å²) in [5.41, 5.74) is 20.3. The normalized spacial score (nSPS) is 13.1. The van der Waals surface area contributed by atoms with E-state index in [0.717, 1.165) is 141 Å². The van der Waals surface area contributed by atoms with Gasteiger partial charge < -0.3 is 43.2 Å². The molecule has 12 heteroatoms. The summed E-state index contributed by atoms with van der Waals surface area (Å²) in [7, 11) is 0. The summed E-state index contributed by atoms with van der Waals surface area (Å²) >= 11 is 0. The molecule has 3 aromatic carbocycles. The molecule has 3 unspecified atom stereocenters. The minimum atomic E-state index is -0.413. The van der Waals surface area contributed by atoms with Crippen LogP contribution >= 0.6 is 0 Å². The Balaban J connectivity index is 0.857. The summed E-state index contributed by atoms with van der Waals surface area (Å²) < 4.78 is 19.8. The maximum Gasteiger partial charge on any atom is 0.169 e. The summed E-state index contributed by atoms with van der Waals surface area (Å²) in [6.45, 7) is 19.6. The maximum atomic E-state index is 14.8. The number of carbonyl (C=O) groups is 3. The minimum Gasteiger partial charge on any atom is -0.460 e. The van der Waals surface area contributed by atoms with Crippen LogP contribution in [-0.2, 0) is 25.7 Å². The second-order valence-electron chi connectivity index (χ2n) is 21.9. The van der Waals surface area contributed by atoms with E-state index in [1.54, 1.807) is 13.8 Å². The highest BCUT2D eigenvalue weighted by atomic mass is 16.3. The third kappa shape index (κ3) is 8.92. The average Bonchev–Trinajstić information content (AvgIpc) is 4.45. The van der Waals surface area contributed by atoms with Gasteiger partial charge in [0.2, 0.25) is 0 Å². The highest BCUT2D eigenvalue weighted by Gasteiger charge is 2.34. The van der Waals surface area contributed by atoms with Crippen molar-refractivity contribution in [2.45, 2.75) is 113 Å². The number of hydrogen-bond donors (Lipinski definition) is 6. The monoisotopic (exact) mass is 1060 g/mol. The number of nitrogens with one attached hydrogen (secondary N) is 6. The van der Waals surface area contributed by atoms with Gasteiger partial charge in [-0.1, -0.05) is 61.5 Å². The average molecular weight is 1060 g/mol. The Bertz CT molecular complexity index is 4270. The molecule has 80 heavy (non-hydrogen) atoms. The zero-order valence-electron chi connectivity index (χ0n) is 47.0. The quantitative estimate of drug-likeness (QED) is 0.0464. The van der Waals surface area contributed by atoms with Crippen LogP contribution < -0.4 is 0 Å². The number of H-pyrrole nitrogens is 6. The van der Waals surface area contributed by atoms with Crippen LogP contribution in [0.5, 0.6) is 0 Å². The van der Waals surface area contributed by atoms with Crippen molar-refractivity contribution in [3.63, 3.8) is 0 Å². The van der Waals surface area contributed by atoms with Gasteiger partial charge >= 0.3 is 0 Å². The second kappa shape index (κ2) is 20.3. The molecule has 0 fully saturated rings. The van der Waals surface area contributed by atoms with Crippen molar-refractivity contribution in [1.29, 1.82) is 0 Å². The van der Waals surface area contributed by atoms with Crippen molar-refractivity contribution in [2.75, 3.05) is 0 Å². The van der Waals surface area contributed by atoms with E-state index in [4.69, 9.17) is 13.3 Å². The van der Waals surface area contributed by atoms with Gasteiger partial charge in [0.25, 0.3) is 0 Å². The Hall–Kier alpha value is -9.03. The molecular weight excluding hydrogens is 997 g/mol. The number of Topliss-reactive ketones (excluding diaryl/α,β-unsaturated/α-hetero) is 3. The first kappa shape index (κ1) is 51.7. The van der Waals surface area contributed by atoms with Crippen LogP contribution in [0.1, 0.15) is 183 Å². The van der Waals surface area contributed by atoms with Crippen LogP contribution in [0.2, 0.25) is 0 Å². The number of benzene rings is 3. The first-order chi connectivity index (χ1) is 38.6. The molecule has 404 valence electrons. The zero-order valence-corrected chi connectivity index (χ0v) is 47.0. The SMILES string of the molecule is CCc1c(C)[nH]c(C(c2cc3ccccc3o2)c2[nH]c(CCc3ccc(C(c4cc5ccccc5o4)c4[nH]c(C)c(C(=O)Cc5c[nH]c(C(c6cc7ccccc7o6)c6[nH]c(C)c(C(C)=O)c6C)c5)c4C)[nH]3)c(C(C)=O)c2C)c1C. The van der Waals surface area contributed by atoms with E-state index in [-0.39, 0.29) is 29.7 Å². The fourth-order valence-corrected chi connectivity index (χ4v) is 13.1. The third-order valence-electron chi connectivity index (χ3n) is 16.8. The lowest BCUT2D eigenvalue weighted by molar-refractivity contribution is 0.0987. The zero-order chi connectivity index (χ0) is 55.8. The number of ketones is 3. The van der Waals surface area contributed by atoms with Gasteiger partial charge in [-0.2, -0.15) is 0 Å². The Labute approximate surface area is 463 Å². The molecule has 0 saturated heterocycles. The summed E-state index contributed by atoms with van der Waals surface area (Å²) in [6, 6.07) is 36.5. The van der Waals surface area contributed by atoms with E-state index in [1.165, 1.54) is 11.1 Å². The Morgan fingerprint density at radius 3 is 1.48 bits per heavy atom. The minimum absolute atomic E-state index is 0.00516. The fraction of sp³-hybridized carbons (Fsp3) is 0.250. The van der Waals surface area contributed by atoms with E-state index in [1.807, 2.05) is 120 Å². The molecule has 3 atom stereocenters. The predicted octanol–water partition coefficient (Wildman–Crippen LogP) is 15.8. The molecule has 0 radical (unpaired) electrons. The lowest BCUT2D eigenvalue weighted by Crippen LogP contribution is -2.08. The first-order valence-electron chi connectivity index (χ1n) is 27.7. The molecule has 0 bridgehead atoms. The van der Waals surface area contributed by atoms with Crippen molar-refractivity contribution in [2.24, 2.45) is 0 Å². The van der Waals surface area contributed by atoms with Gasteiger partial charge in [-0.05, 0) is 170 Å². The van der Waals surface area contributed by atoms with Gasteiger partial charge in [0, 0.05) is 108 Å². The summed E-state index contributed by atoms with van der Waals surface area (Å²) in [4.78, 5) is 63.3. The lowest BCUT2D eigenvalue weighted by Gasteiger charge is -2.16. The van der Waals surface area contributed by atoms with E-state index >= 15 is 0 Å². The van der Waals surface area contributed by atoms with Gasteiger partial charge in [-0.15, -0.1) is 0 Å². The summed E-state index contributed by atoms with van der Waals surface area (Å²) in [5.74, 6) is 1.14. The Morgan fingerprint density at radius 1 is 0.475 bits per heavy atom. The molecule has 0 amide bonds. The van der Waals surface area contributed by atoms with E-state index in [9.17, 15) is 14.4 Å². The highest BCUT2D eigenvalue weighted by Crippen LogP contribution is 2.43. The largest absolute Gasteiger partial charge is 0.460 e. The summed E-state index contributed by atoms with van der Waals surface area (Å²) in [5, 5.41) is 2.98. The number of rotatable bonds is 18. The van der Waals surface area contributed by atoms with E-state index in [0.29, 0.717) is 29.5 Å². The number of aromatic amines is 6. The number of carbonyl (C=O) groups excluding carboxylic acids is 3. The number of aromatic nitrogens is 6. The van der Waals surface area contributed by atoms with Crippen LogP contribution in [0.4, 0.5) is 0 Å². The molecule has 12 nitrogen and oxygen atoms in total. The van der Waals surface area contributed by atoms with Crippen molar-refractivity contribution >= 4 is 50.3 Å². The van der Waals surface area contributed by atoms with Crippen LogP contribution in [0.15, 0.2) is 129 Å². The predicted molar refractivity (Wildman–Crippen MR) is 314 cm³/mol. The molecule has 0 spiro atoms. The smallest absolute Gasteiger partial charge is 0.169 e. The molecule has 0 saturated carbocycles. The molecule has 0 aliphatic carbocycles. The van der Waals surface area contributed by atoms with Gasteiger partial charge in [-0.3, -0.25) is 14.4 Å². The van der Waals surface area contributed by atoms with Gasteiger partial charge in [0.05, 0.1) is 17.8 Å². The number of furan rings is 3. The molecular formula is C68H66N6O6. The van der Waals surface area contributed by atoms with Crippen molar-refractivity contribution in [1.82, 2.24) is 29.9 Å². The number of para-hydroxylation sites is 3. The lowest BCUT2D eigenvalue weighted by atomic mass is 9.91. The molecule has 9 aromatic heterocycles. The molecule has 0 aliphatic rings. The van der Waals surface area contributed by atoms with Gasteiger partial charge in [0.15, 0.2) is 17.3 Å². The third-order valence-corrected chi connectivity index (χ3v) is 16.8. The van der Waals surface area contributed by atoms with Crippen LogP contribution in [-0.4, -0.2) is 47.3 Å². The first-order valence-corrected chi connectivity index (χ1v) is 27.7. The molecule has 12 aromatic rings. The highest BCUT2D eigenvalue weighted by molar-refractivity contribution is 6.01. The second-order valence-corrected chi connectivity index (χ2v) is 21.9. The van der Waals surface area contributed by atoms with E-state index in [2.05, 4.69) is 81.0 Å². The molecule has 12 rings (SSSR count). The fourth-order valence-electron chi connectivity index (χ4n) is 13.1. The van der Waals surface area contributed by atoms with Crippen molar-refractivity contribution < 1.29 is 27.6 Å². The molecule has 9 heterocycles. The number of fused-ring (bicyclic) bond motifs is 3. The molecule has 6 N–H and O–H groups in total. The van der Waals surface area contributed by atoms with E-state index < -0.39 is 11.8 Å². The van der Waals surface area contributed by atoms with Crippen molar-refractivity contribution in [3.8, 4) is 0 Å². The summed E-state index contributed by atoms with van der Waals surface area (Å²) in [6.07, 6.45) is 4.14. The topological polar surface area (TPSA) is 185 Å². The Morgan fingerprint density at radius 2 is 0.950 bits per heavy atom. The standard InChI is InChI=1S/C68H66N6O6/c1-11-48-34(2)65(70-38(48)6)64(58-32-46-20-14-17-23-55(46)80-58)68-37(5)61(42(10)76)49(74-68)26-24-47-25-27-50(73-47)62(56-30-44-18-12-15-21-53(44)78-56)67-36(4)60(40(8)72-67)52(77)29-43-28-51(69-33-43)63(57-31-45-19-13-16-22-54(45)79-57)66-35(3)59(41(9)75)39(7)71-66/h12-23,25,27-28,30-33,62-64,69-74H,11,24,26,29H2,1-10H3.